The standard InChI is InChI=1S/C24H36N4O4/c1-5-6-14-28-22(25)21(23(30)26-24(28)31)27(15-13-17(2)3)20(29)12-9-16-32-19-11-8-7-10-18(19)4/h7-8,10-11,17H,5-6,9,12-16,25H2,1-4H3,(H,26,30,31). The summed E-state index contributed by atoms with van der Waals surface area (Å²) < 4.78 is 7.13. The van der Waals surface area contributed by atoms with Gasteiger partial charge >= 0.3 is 5.69 Å². The number of unbranched alkanes of at least 4 members (excludes halogenated alkanes) is 1. The van der Waals surface area contributed by atoms with Crippen molar-refractivity contribution in [3.8, 4) is 5.75 Å². The van der Waals surface area contributed by atoms with Gasteiger partial charge in [-0.05, 0) is 43.7 Å². The molecule has 2 rings (SSSR count). The molecule has 1 heterocycles. The van der Waals surface area contributed by atoms with E-state index in [4.69, 9.17) is 10.5 Å². The van der Waals surface area contributed by atoms with Gasteiger partial charge in [0.25, 0.3) is 5.56 Å². The first-order valence-electron chi connectivity index (χ1n) is 11.4. The number of carbonyl (C=O) groups is 1. The number of aromatic amines is 1. The molecule has 0 saturated carbocycles. The molecular formula is C24H36N4O4. The maximum atomic E-state index is 13.1. The summed E-state index contributed by atoms with van der Waals surface area (Å²) in [5.41, 5.74) is 6.16. The van der Waals surface area contributed by atoms with Crippen molar-refractivity contribution in [1.82, 2.24) is 9.55 Å². The zero-order valence-electron chi connectivity index (χ0n) is 19.6. The number of aryl methyl sites for hydroxylation is 1. The molecule has 0 aliphatic heterocycles. The predicted octanol–water partition coefficient (Wildman–Crippen LogP) is 3.47. The fourth-order valence-electron chi connectivity index (χ4n) is 3.38. The Morgan fingerprint density at radius 1 is 1.22 bits per heavy atom. The molecule has 176 valence electrons. The average Bonchev–Trinajstić information content (AvgIpc) is 2.74. The quantitative estimate of drug-likeness (QED) is 0.487. The molecule has 0 spiro atoms. The summed E-state index contributed by atoms with van der Waals surface area (Å²) >= 11 is 0. The normalized spacial score (nSPS) is 11.0. The Bertz CT molecular complexity index is 1010. The number of nitrogen functional groups attached to an aromatic ring is 1. The number of nitrogens with one attached hydrogen (secondary N) is 1. The van der Waals surface area contributed by atoms with Gasteiger partial charge in [-0.25, -0.2) is 4.79 Å². The lowest BCUT2D eigenvalue weighted by Crippen LogP contribution is -2.42. The molecule has 0 unspecified atom stereocenters. The Hall–Kier alpha value is -3.03. The van der Waals surface area contributed by atoms with Gasteiger partial charge in [0.1, 0.15) is 11.6 Å². The minimum atomic E-state index is -0.631. The van der Waals surface area contributed by atoms with E-state index in [9.17, 15) is 14.4 Å². The Morgan fingerprint density at radius 2 is 1.94 bits per heavy atom. The van der Waals surface area contributed by atoms with Gasteiger partial charge in [0.15, 0.2) is 5.69 Å². The highest BCUT2D eigenvalue weighted by atomic mass is 16.5. The van der Waals surface area contributed by atoms with Crippen LogP contribution < -0.4 is 26.6 Å². The van der Waals surface area contributed by atoms with Crippen LogP contribution in [0, 0.1) is 12.8 Å². The highest BCUT2D eigenvalue weighted by molar-refractivity contribution is 5.95. The minimum Gasteiger partial charge on any atom is -0.493 e. The molecule has 3 N–H and O–H groups in total. The molecule has 8 nitrogen and oxygen atoms in total. The minimum absolute atomic E-state index is 0.0421. The molecule has 1 aromatic heterocycles. The van der Waals surface area contributed by atoms with E-state index in [-0.39, 0.29) is 23.8 Å². The number of hydrogen-bond acceptors (Lipinski definition) is 5. The third kappa shape index (κ3) is 6.73. The molecule has 32 heavy (non-hydrogen) atoms. The number of benzene rings is 1. The van der Waals surface area contributed by atoms with E-state index in [1.807, 2.05) is 38.1 Å². The summed E-state index contributed by atoms with van der Waals surface area (Å²) in [6, 6.07) is 7.71. The molecule has 1 amide bonds. The number of nitrogens with two attached hydrogens (primary N) is 1. The van der Waals surface area contributed by atoms with Crippen LogP contribution in [-0.2, 0) is 11.3 Å². The third-order valence-electron chi connectivity index (χ3n) is 5.34. The van der Waals surface area contributed by atoms with Crippen LogP contribution in [0.25, 0.3) is 0 Å². The molecule has 0 atom stereocenters. The molecule has 2 aromatic rings. The molecule has 0 aliphatic rings. The highest BCUT2D eigenvalue weighted by Crippen LogP contribution is 2.21. The van der Waals surface area contributed by atoms with Crippen molar-refractivity contribution in [2.45, 2.75) is 66.3 Å². The van der Waals surface area contributed by atoms with Crippen molar-refractivity contribution in [2.24, 2.45) is 5.92 Å². The number of hydrogen-bond donors (Lipinski definition) is 2. The first kappa shape index (κ1) is 25.2. The van der Waals surface area contributed by atoms with Crippen LogP contribution in [0.15, 0.2) is 33.9 Å². The molecular weight excluding hydrogens is 408 g/mol. The maximum absolute atomic E-state index is 13.1. The van der Waals surface area contributed by atoms with Crippen molar-refractivity contribution in [3.05, 3.63) is 50.7 Å². The first-order chi connectivity index (χ1) is 15.3. The Labute approximate surface area is 189 Å². The Kier molecular flexibility index (Phi) is 9.56. The lowest BCUT2D eigenvalue weighted by atomic mass is 10.1. The zero-order chi connectivity index (χ0) is 23.7. The van der Waals surface area contributed by atoms with Crippen LogP contribution in [0.4, 0.5) is 11.5 Å². The molecule has 0 bridgehead atoms. The molecule has 0 aliphatic carbocycles. The van der Waals surface area contributed by atoms with Crippen LogP contribution in [0.2, 0.25) is 0 Å². The molecule has 8 heteroatoms. The van der Waals surface area contributed by atoms with E-state index in [0.29, 0.717) is 38.5 Å². The molecule has 0 fully saturated rings. The second-order valence-corrected chi connectivity index (χ2v) is 8.44. The van der Waals surface area contributed by atoms with Crippen LogP contribution in [-0.4, -0.2) is 28.6 Å². The van der Waals surface area contributed by atoms with E-state index < -0.39 is 11.2 Å². The van der Waals surface area contributed by atoms with E-state index in [1.54, 1.807) is 0 Å². The second-order valence-electron chi connectivity index (χ2n) is 8.44. The van der Waals surface area contributed by atoms with Crippen LogP contribution in [0.5, 0.6) is 5.75 Å². The number of rotatable bonds is 12. The average molecular weight is 445 g/mol. The van der Waals surface area contributed by atoms with Gasteiger partial charge in [-0.1, -0.05) is 45.4 Å². The van der Waals surface area contributed by atoms with E-state index in [0.717, 1.165) is 24.2 Å². The van der Waals surface area contributed by atoms with Crippen LogP contribution in [0.3, 0.4) is 0 Å². The lowest BCUT2D eigenvalue weighted by Gasteiger charge is -2.25. The maximum Gasteiger partial charge on any atom is 0.330 e. The summed E-state index contributed by atoms with van der Waals surface area (Å²) in [6.07, 6.45) is 3.02. The fraction of sp³-hybridized carbons (Fsp3) is 0.542. The van der Waals surface area contributed by atoms with E-state index in [2.05, 4.69) is 18.8 Å². The second kappa shape index (κ2) is 12.1. The number of para-hydroxylation sites is 1. The summed E-state index contributed by atoms with van der Waals surface area (Å²) in [5.74, 6) is 0.957. The van der Waals surface area contributed by atoms with Crippen molar-refractivity contribution in [2.75, 3.05) is 23.8 Å². The fourth-order valence-corrected chi connectivity index (χ4v) is 3.38. The van der Waals surface area contributed by atoms with Crippen LogP contribution >= 0.6 is 0 Å². The van der Waals surface area contributed by atoms with E-state index in [1.165, 1.54) is 9.47 Å². The number of carbonyl (C=O) groups excluding carboxylic acids is 1. The highest BCUT2D eigenvalue weighted by Gasteiger charge is 2.24. The van der Waals surface area contributed by atoms with Gasteiger partial charge in [-0.2, -0.15) is 0 Å². The zero-order valence-corrected chi connectivity index (χ0v) is 19.6. The lowest BCUT2D eigenvalue weighted by molar-refractivity contribution is -0.118. The van der Waals surface area contributed by atoms with Gasteiger partial charge < -0.3 is 15.4 Å². The number of ether oxygens (including phenoxy) is 1. The monoisotopic (exact) mass is 444 g/mol. The van der Waals surface area contributed by atoms with Gasteiger partial charge in [-0.15, -0.1) is 0 Å². The van der Waals surface area contributed by atoms with Crippen LogP contribution in [0.1, 0.15) is 58.4 Å². The number of anilines is 2. The SMILES string of the molecule is CCCCn1c(N)c(N(CCC(C)C)C(=O)CCCOc2ccccc2C)c(=O)[nH]c1=O. The Morgan fingerprint density at radius 3 is 2.59 bits per heavy atom. The molecule has 0 radical (unpaired) electrons. The summed E-state index contributed by atoms with van der Waals surface area (Å²) in [6.45, 7) is 9.21. The molecule has 1 aromatic carbocycles. The number of nitrogens with zero attached hydrogens (tertiary/aromatic N) is 2. The van der Waals surface area contributed by atoms with Crippen molar-refractivity contribution in [1.29, 1.82) is 0 Å². The summed E-state index contributed by atoms with van der Waals surface area (Å²) in [5, 5.41) is 0. The smallest absolute Gasteiger partial charge is 0.330 e. The third-order valence-corrected chi connectivity index (χ3v) is 5.34. The first-order valence-corrected chi connectivity index (χ1v) is 11.4. The van der Waals surface area contributed by atoms with E-state index >= 15 is 0 Å². The van der Waals surface area contributed by atoms with Gasteiger partial charge in [-0.3, -0.25) is 19.1 Å². The van der Waals surface area contributed by atoms with Gasteiger partial charge in [0.05, 0.1) is 6.61 Å². The predicted molar refractivity (Wildman–Crippen MR) is 128 cm³/mol. The van der Waals surface area contributed by atoms with Crippen molar-refractivity contribution >= 4 is 17.4 Å². The number of aromatic nitrogens is 2. The summed E-state index contributed by atoms with van der Waals surface area (Å²) in [4.78, 5) is 41.8. The van der Waals surface area contributed by atoms with Crippen molar-refractivity contribution < 1.29 is 9.53 Å². The topological polar surface area (TPSA) is 110 Å². The Balaban J connectivity index is 2.20. The number of amides is 1. The van der Waals surface area contributed by atoms with Gasteiger partial charge in [0, 0.05) is 19.5 Å². The summed E-state index contributed by atoms with van der Waals surface area (Å²) in [7, 11) is 0. The van der Waals surface area contributed by atoms with Gasteiger partial charge in [0.2, 0.25) is 5.91 Å². The molecule has 0 saturated heterocycles. The largest absolute Gasteiger partial charge is 0.493 e. The number of H-pyrrole nitrogens is 1. The van der Waals surface area contributed by atoms with Crippen molar-refractivity contribution in [3.63, 3.8) is 0 Å².